The molecular formula is C30H26ClN5O4S. The molecule has 1 atom stereocenters. The van der Waals surface area contributed by atoms with Gasteiger partial charge in [0.05, 0.1) is 24.9 Å². The maximum absolute atomic E-state index is 13.2. The lowest BCUT2D eigenvalue weighted by molar-refractivity contribution is -0.121. The number of aromatic nitrogens is 3. The van der Waals surface area contributed by atoms with Gasteiger partial charge in [0.15, 0.2) is 17.3 Å². The summed E-state index contributed by atoms with van der Waals surface area (Å²) in [7, 11) is 1.62. The summed E-state index contributed by atoms with van der Waals surface area (Å²) >= 11 is 7.69. The van der Waals surface area contributed by atoms with E-state index in [1.165, 1.54) is 17.4 Å². The van der Waals surface area contributed by atoms with Crippen LogP contribution >= 0.6 is 22.9 Å². The van der Waals surface area contributed by atoms with Crippen molar-refractivity contribution in [3.8, 4) is 22.9 Å². The van der Waals surface area contributed by atoms with Crippen LogP contribution in [0.25, 0.3) is 15.8 Å². The number of aliphatic imine (C=N–C) groups is 1. The molecule has 208 valence electrons. The number of nitrogens with zero attached hydrogens (tertiary/aromatic N) is 4. The molecule has 0 aliphatic carbocycles. The van der Waals surface area contributed by atoms with Crippen LogP contribution in [0.3, 0.4) is 0 Å². The third kappa shape index (κ3) is 5.12. The van der Waals surface area contributed by atoms with Crippen LogP contribution in [0.2, 0.25) is 5.02 Å². The normalized spacial score (nSPS) is 14.2. The average Bonchev–Trinajstić information content (AvgIpc) is 3.53. The summed E-state index contributed by atoms with van der Waals surface area (Å²) in [6, 6.07) is 17.7. The lowest BCUT2D eigenvalue weighted by Crippen LogP contribution is -2.27. The number of halogens is 1. The summed E-state index contributed by atoms with van der Waals surface area (Å²) < 4.78 is 8.33. The van der Waals surface area contributed by atoms with Crippen LogP contribution in [0.4, 0.5) is 0 Å². The number of phenols is 2. The van der Waals surface area contributed by atoms with Crippen molar-refractivity contribution in [1.29, 1.82) is 0 Å². The van der Waals surface area contributed by atoms with E-state index in [2.05, 4.69) is 15.5 Å². The second-order valence-corrected chi connectivity index (χ2v) is 11.3. The number of hydrogen-bond donors (Lipinski definition) is 3. The standard InChI is InChI=1S/C30H26ClN5O4S/c1-16-34-35-30-23(15-27(38)32-12-11-20-14-22-26(41-20)10-9-25(37)29(22)39)33-28(17-3-5-18(31)6-4-17)21-13-19(40-2)7-8-24(21)36(16)30/h3-10,13-14,23,37,39H,11-12,15H2,1-2H3,(H,32,38)/t23-/m0/s1. The Kier molecular flexibility index (Phi) is 7.10. The Hall–Kier alpha value is -4.41. The van der Waals surface area contributed by atoms with Crippen LogP contribution in [0.1, 0.15) is 40.1 Å². The summed E-state index contributed by atoms with van der Waals surface area (Å²) in [5.41, 5.74) is 3.23. The maximum Gasteiger partial charge on any atom is 0.222 e. The highest BCUT2D eigenvalue weighted by Crippen LogP contribution is 2.38. The first-order valence-electron chi connectivity index (χ1n) is 13.0. The van der Waals surface area contributed by atoms with Gasteiger partial charge in [-0.1, -0.05) is 23.7 Å². The van der Waals surface area contributed by atoms with Crippen molar-refractivity contribution in [1.82, 2.24) is 20.1 Å². The molecule has 41 heavy (non-hydrogen) atoms. The second-order valence-electron chi connectivity index (χ2n) is 9.69. The summed E-state index contributed by atoms with van der Waals surface area (Å²) in [5, 5.41) is 32.9. The van der Waals surface area contributed by atoms with Crippen molar-refractivity contribution in [3.63, 3.8) is 0 Å². The molecule has 9 nitrogen and oxygen atoms in total. The number of aromatic hydroxyl groups is 2. The van der Waals surface area contributed by atoms with Gasteiger partial charge in [-0.2, -0.15) is 0 Å². The Morgan fingerprint density at radius 3 is 2.68 bits per heavy atom. The zero-order valence-corrected chi connectivity index (χ0v) is 23.8. The van der Waals surface area contributed by atoms with Gasteiger partial charge in [-0.05, 0) is 61.9 Å². The topological polar surface area (TPSA) is 122 Å². The number of carbonyl (C=O) groups is 1. The Morgan fingerprint density at radius 1 is 1.10 bits per heavy atom. The molecule has 0 bridgehead atoms. The molecule has 3 heterocycles. The van der Waals surface area contributed by atoms with E-state index in [9.17, 15) is 15.0 Å². The van der Waals surface area contributed by atoms with Crippen LogP contribution in [0.5, 0.6) is 17.2 Å². The van der Waals surface area contributed by atoms with Crippen molar-refractivity contribution in [3.05, 3.63) is 93.3 Å². The summed E-state index contributed by atoms with van der Waals surface area (Å²) in [6.45, 7) is 2.28. The van der Waals surface area contributed by atoms with Gasteiger partial charge in [-0.15, -0.1) is 21.5 Å². The van der Waals surface area contributed by atoms with Crippen molar-refractivity contribution in [2.24, 2.45) is 4.99 Å². The van der Waals surface area contributed by atoms with Gasteiger partial charge in [0.1, 0.15) is 17.6 Å². The van der Waals surface area contributed by atoms with Crippen molar-refractivity contribution >= 4 is 44.6 Å². The summed E-state index contributed by atoms with van der Waals surface area (Å²) in [6.07, 6.45) is 0.650. The number of benzene rings is 3. The fourth-order valence-electron chi connectivity index (χ4n) is 5.01. The number of carbonyl (C=O) groups excluding carboxylic acids is 1. The zero-order chi connectivity index (χ0) is 28.7. The monoisotopic (exact) mass is 587 g/mol. The summed E-state index contributed by atoms with van der Waals surface area (Å²) in [4.78, 5) is 19.3. The molecule has 3 N–H and O–H groups in total. The zero-order valence-electron chi connectivity index (χ0n) is 22.3. The van der Waals surface area contributed by atoms with E-state index in [-0.39, 0.29) is 23.8 Å². The molecule has 0 unspecified atom stereocenters. The Morgan fingerprint density at radius 2 is 1.90 bits per heavy atom. The lowest BCUT2D eigenvalue weighted by atomic mass is 10.00. The van der Waals surface area contributed by atoms with Crippen LogP contribution in [0, 0.1) is 6.92 Å². The largest absolute Gasteiger partial charge is 0.504 e. The van der Waals surface area contributed by atoms with E-state index in [0.717, 1.165) is 26.4 Å². The Balaban J connectivity index is 1.28. The minimum Gasteiger partial charge on any atom is -0.504 e. The number of rotatable bonds is 7. The van der Waals surface area contributed by atoms with Gasteiger partial charge in [-0.25, -0.2) is 0 Å². The van der Waals surface area contributed by atoms with Gasteiger partial charge in [0.25, 0.3) is 0 Å². The van der Waals surface area contributed by atoms with E-state index >= 15 is 0 Å². The Labute approximate surface area is 244 Å². The molecule has 0 saturated heterocycles. The smallest absolute Gasteiger partial charge is 0.222 e. The first kappa shape index (κ1) is 26.8. The minimum absolute atomic E-state index is 0.0709. The predicted molar refractivity (Wildman–Crippen MR) is 159 cm³/mol. The van der Waals surface area contributed by atoms with Gasteiger partial charge in [0.2, 0.25) is 5.91 Å². The third-order valence-corrected chi connectivity index (χ3v) is 8.44. The molecule has 1 amide bonds. The minimum atomic E-state index is -0.593. The first-order valence-corrected chi connectivity index (χ1v) is 14.2. The number of hydrogen-bond acceptors (Lipinski definition) is 8. The number of phenolic OH excluding ortho intramolecular Hbond substituents is 2. The number of aryl methyl sites for hydroxylation is 1. The van der Waals surface area contributed by atoms with Gasteiger partial charge in [0, 0.05) is 37.7 Å². The number of thiophene rings is 1. The maximum atomic E-state index is 13.2. The average molecular weight is 588 g/mol. The third-order valence-electron chi connectivity index (χ3n) is 7.02. The first-order chi connectivity index (χ1) is 19.8. The van der Waals surface area contributed by atoms with Crippen molar-refractivity contribution < 1.29 is 19.7 Å². The van der Waals surface area contributed by atoms with Crippen LogP contribution in [-0.2, 0) is 11.2 Å². The Bertz CT molecular complexity index is 1810. The molecule has 0 radical (unpaired) electrons. The van der Waals surface area contributed by atoms with Crippen LogP contribution in [-0.4, -0.2) is 50.3 Å². The number of ether oxygens (including phenoxy) is 1. The quantitative estimate of drug-likeness (QED) is 0.216. The van der Waals surface area contributed by atoms with E-state index in [1.54, 1.807) is 13.2 Å². The lowest BCUT2D eigenvalue weighted by Gasteiger charge is -2.14. The van der Waals surface area contributed by atoms with E-state index < -0.39 is 6.04 Å². The predicted octanol–water partition coefficient (Wildman–Crippen LogP) is 5.50. The molecule has 6 rings (SSSR count). The molecule has 1 aliphatic heterocycles. The molecule has 0 saturated carbocycles. The van der Waals surface area contributed by atoms with Crippen molar-refractivity contribution in [2.75, 3.05) is 13.7 Å². The van der Waals surface area contributed by atoms with Crippen LogP contribution < -0.4 is 10.1 Å². The van der Waals surface area contributed by atoms with E-state index in [0.29, 0.717) is 46.5 Å². The number of fused-ring (bicyclic) bond motifs is 4. The second kappa shape index (κ2) is 10.9. The highest BCUT2D eigenvalue weighted by Gasteiger charge is 2.30. The molecule has 3 aromatic carbocycles. The van der Waals surface area contributed by atoms with Gasteiger partial charge >= 0.3 is 0 Å². The highest BCUT2D eigenvalue weighted by atomic mass is 35.5. The van der Waals surface area contributed by atoms with Gasteiger partial charge in [-0.3, -0.25) is 14.4 Å². The molecule has 5 aromatic rings. The molecule has 1 aliphatic rings. The van der Waals surface area contributed by atoms with E-state index in [4.69, 9.17) is 21.3 Å². The number of amides is 1. The van der Waals surface area contributed by atoms with Crippen LogP contribution in [0.15, 0.2) is 65.7 Å². The molecule has 2 aromatic heterocycles. The molecular weight excluding hydrogens is 562 g/mol. The summed E-state index contributed by atoms with van der Waals surface area (Å²) in [5.74, 6) is 1.48. The SMILES string of the molecule is COc1ccc2c(c1)C(c1ccc(Cl)cc1)=N[C@@H](CC(=O)NCCc1cc3c(O)c(O)ccc3s1)c1nnc(C)n1-2. The number of nitrogens with one attached hydrogen (secondary N) is 1. The number of methoxy groups -OCH3 is 1. The highest BCUT2D eigenvalue weighted by molar-refractivity contribution is 7.19. The van der Waals surface area contributed by atoms with E-state index in [1.807, 2.05) is 60.0 Å². The fraction of sp³-hybridized carbons (Fsp3) is 0.200. The molecule has 0 fully saturated rings. The fourth-order valence-corrected chi connectivity index (χ4v) is 6.20. The molecule has 0 spiro atoms. The van der Waals surface area contributed by atoms with Gasteiger partial charge < -0.3 is 20.3 Å². The van der Waals surface area contributed by atoms with Crippen molar-refractivity contribution in [2.45, 2.75) is 25.8 Å². The molecule has 11 heteroatoms.